The first-order valence-electron chi connectivity index (χ1n) is 33.9. The van der Waals surface area contributed by atoms with Gasteiger partial charge < -0.3 is 25.3 Å². The monoisotopic (exact) mass is 1330 g/mol. The predicted octanol–water partition coefficient (Wildman–Crippen LogP) is 23.0. The summed E-state index contributed by atoms with van der Waals surface area (Å²) in [7, 11) is 1.59. The molecule has 102 heavy (non-hydrogen) atoms. The number of aromatic hydroxyl groups is 2. The van der Waals surface area contributed by atoms with Gasteiger partial charge >= 0.3 is 0 Å². The largest absolute Gasteiger partial charge is 0.507 e. The second kappa shape index (κ2) is 30.8. The highest BCUT2D eigenvalue weighted by Crippen LogP contribution is 2.44. The predicted molar refractivity (Wildman–Crippen MR) is 412 cm³/mol. The fraction of sp³-hybridized carbons (Fsp3) is 0.0787. The van der Waals surface area contributed by atoms with Crippen molar-refractivity contribution >= 4 is 95.8 Å². The van der Waals surface area contributed by atoms with Crippen LogP contribution in [0.3, 0.4) is 0 Å². The summed E-state index contributed by atoms with van der Waals surface area (Å²) in [5, 5.41) is 45.4. The molecule has 13 heteroatoms. The van der Waals surface area contributed by atoms with Crippen molar-refractivity contribution < 1.29 is 24.6 Å². The van der Waals surface area contributed by atoms with Gasteiger partial charge in [-0.3, -0.25) is 19.9 Å². The van der Waals surface area contributed by atoms with E-state index in [0.717, 1.165) is 98.2 Å². The van der Waals surface area contributed by atoms with E-state index in [9.17, 15) is 19.8 Å². The maximum Gasteiger partial charge on any atom is 0.259 e. The van der Waals surface area contributed by atoms with Crippen LogP contribution in [0.4, 0.5) is 62.6 Å². The minimum atomic E-state index is -0.325. The number of phenolic OH excluding ortho intramolecular Hbond substituents is 2. The van der Waals surface area contributed by atoms with Crippen molar-refractivity contribution in [2.24, 2.45) is 20.5 Å². The molecule has 13 nitrogen and oxygen atoms in total. The minimum absolute atomic E-state index is 0.0181. The molecule has 0 heterocycles. The van der Waals surface area contributed by atoms with Crippen molar-refractivity contribution in [1.29, 1.82) is 0 Å². The highest BCUT2D eigenvalue weighted by atomic mass is 16.6. The number of nitrogens with zero attached hydrogens (tertiary/aromatic N) is 6. The molecule has 0 saturated carbocycles. The molecule has 0 spiro atoms. The average molecular weight is 1330 g/mol. The third-order valence-electron chi connectivity index (χ3n) is 18.3. The molecule has 14 aromatic carbocycles. The van der Waals surface area contributed by atoms with Gasteiger partial charge in [0.15, 0.2) is 5.78 Å². The number of fused-ring (bicyclic) bond motifs is 5. The standard InChI is InChI=1S/C51H40N6O3.C38H32N2O2/c1-52-53-39-24-28-45-46-29-25-40(32-48(46)51(59)47(45)31-39)54-55-49-44-15-9-8-10-36(44)30-37(50(49)58)33-60-56-38-22-18-34(19-23-38)16-17-35-20-26-43(27-21-35)57(41-11-4-2-5-12-41)42-13-6-3-7-14-42;1-27-35-15-9-8-10-30(35)26-36(37(27)41)38(42)39-31-22-18-28(19-23-31)16-17-29-20-24-34(25-21-29)40(32-11-4-2-5-12-32)33-13-6-3-7-14-33/h2-15,18-32,56,58H,16-17,33H2,1H3;2-15,18-26,41H,16-17H2,1H3,(H,39,42). The number of rotatable bonds is 21. The SMILES string of the molecule is CN=Nc1ccc2c(c1)C(=O)c1cc(N=Nc3c(O)c(CONc4ccc(CCc5ccc(N(c6ccccc6)c6ccccc6)cc5)cc4)cc4ccccc34)ccc1-2.Cc1c(O)c(C(=O)Nc2ccc(CCc3ccc(N(c4ccccc4)c4ccccc4)cc3)cc2)cc2ccccc12. The second-order valence-corrected chi connectivity index (χ2v) is 24.9. The number of carbonyl (C=O) groups excluding carboxylic acids is 2. The highest BCUT2D eigenvalue weighted by molar-refractivity contribution is 6.22. The zero-order valence-corrected chi connectivity index (χ0v) is 56.4. The van der Waals surface area contributed by atoms with E-state index in [0.29, 0.717) is 45.0 Å². The fourth-order valence-corrected chi connectivity index (χ4v) is 13.0. The van der Waals surface area contributed by atoms with Crippen LogP contribution in [0.15, 0.2) is 336 Å². The van der Waals surface area contributed by atoms with Crippen LogP contribution in [0.5, 0.6) is 11.5 Å². The summed E-state index contributed by atoms with van der Waals surface area (Å²) in [4.78, 5) is 36.8. The molecule has 0 saturated heterocycles. The van der Waals surface area contributed by atoms with Crippen molar-refractivity contribution in [2.75, 3.05) is 27.6 Å². The lowest BCUT2D eigenvalue weighted by molar-refractivity contribution is 0.102. The first kappa shape index (κ1) is 66.2. The van der Waals surface area contributed by atoms with Crippen LogP contribution in [0.1, 0.15) is 59.7 Å². The number of hydrogen-bond acceptors (Lipinski definition) is 12. The molecule has 0 bridgehead atoms. The van der Waals surface area contributed by atoms with Crippen molar-refractivity contribution in [3.8, 4) is 22.6 Å². The fourth-order valence-electron chi connectivity index (χ4n) is 13.0. The Labute approximate surface area is 592 Å². The van der Waals surface area contributed by atoms with Crippen LogP contribution in [-0.2, 0) is 37.1 Å². The van der Waals surface area contributed by atoms with Gasteiger partial charge in [0.05, 0.1) is 22.6 Å². The summed E-state index contributed by atoms with van der Waals surface area (Å²) in [5.41, 5.74) is 21.9. The van der Waals surface area contributed by atoms with Gasteiger partial charge in [0.1, 0.15) is 23.8 Å². The number of para-hydroxylation sites is 4. The Morgan fingerprint density at radius 1 is 0.402 bits per heavy atom. The highest BCUT2D eigenvalue weighted by Gasteiger charge is 2.28. The number of azo groups is 2. The number of ketones is 1. The topological polar surface area (TPSA) is 164 Å². The number of phenols is 2. The lowest BCUT2D eigenvalue weighted by Crippen LogP contribution is -2.12. The van der Waals surface area contributed by atoms with Gasteiger partial charge in [0.2, 0.25) is 0 Å². The molecular formula is C89H72N8O5. The molecule has 498 valence electrons. The van der Waals surface area contributed by atoms with Crippen LogP contribution < -0.4 is 20.6 Å². The molecule has 1 aliphatic carbocycles. The van der Waals surface area contributed by atoms with Gasteiger partial charge in [-0.25, -0.2) is 0 Å². The average Bonchev–Trinajstić information content (AvgIpc) is 1.53. The molecule has 15 rings (SSSR count). The molecule has 0 radical (unpaired) electrons. The quantitative estimate of drug-likeness (QED) is 0.0408. The van der Waals surface area contributed by atoms with E-state index >= 15 is 0 Å². The van der Waals surface area contributed by atoms with Crippen molar-refractivity contribution in [3.05, 3.63) is 366 Å². The molecule has 0 fully saturated rings. The van der Waals surface area contributed by atoms with Crippen LogP contribution >= 0.6 is 0 Å². The number of carbonyl (C=O) groups is 2. The first-order valence-corrected chi connectivity index (χ1v) is 33.9. The summed E-state index contributed by atoms with van der Waals surface area (Å²) in [6.07, 6.45) is 3.60. The molecule has 1 amide bonds. The Kier molecular flexibility index (Phi) is 19.9. The number of amides is 1. The molecule has 0 atom stereocenters. The smallest absolute Gasteiger partial charge is 0.259 e. The lowest BCUT2D eigenvalue weighted by atomic mass is 9.99. The first-order chi connectivity index (χ1) is 50.1. The summed E-state index contributed by atoms with van der Waals surface area (Å²) in [5.74, 6) is -0.437. The molecule has 4 N–H and O–H groups in total. The maximum atomic E-state index is 13.3. The molecule has 0 unspecified atom stereocenters. The minimum Gasteiger partial charge on any atom is -0.507 e. The Bertz CT molecular complexity index is 5270. The number of aryl methyl sites for hydroxylation is 5. The van der Waals surface area contributed by atoms with Crippen molar-refractivity contribution in [2.45, 2.75) is 39.2 Å². The zero-order valence-electron chi connectivity index (χ0n) is 56.4. The summed E-state index contributed by atoms with van der Waals surface area (Å²) in [6, 6.07) is 105. The summed E-state index contributed by atoms with van der Waals surface area (Å²) in [6.45, 7) is 1.91. The third kappa shape index (κ3) is 15.0. The van der Waals surface area contributed by atoms with E-state index in [1.807, 2.05) is 146 Å². The molecule has 14 aromatic rings. The Morgan fingerprint density at radius 2 is 0.804 bits per heavy atom. The van der Waals surface area contributed by atoms with Gasteiger partial charge in [-0.1, -0.05) is 182 Å². The van der Waals surface area contributed by atoms with Crippen LogP contribution in [0.2, 0.25) is 0 Å². The van der Waals surface area contributed by atoms with Crippen LogP contribution in [-0.4, -0.2) is 29.0 Å². The van der Waals surface area contributed by atoms with Crippen LogP contribution in [0.25, 0.3) is 32.7 Å². The Hall–Kier alpha value is -13.1. The van der Waals surface area contributed by atoms with Crippen LogP contribution in [0, 0.1) is 6.92 Å². The van der Waals surface area contributed by atoms with Gasteiger partial charge in [-0.05, 0) is 221 Å². The van der Waals surface area contributed by atoms with Gasteiger partial charge in [0.25, 0.3) is 5.91 Å². The maximum absolute atomic E-state index is 13.3. The second-order valence-electron chi connectivity index (χ2n) is 24.9. The van der Waals surface area contributed by atoms with E-state index in [1.54, 1.807) is 25.2 Å². The number of anilines is 8. The number of hydrogen-bond donors (Lipinski definition) is 4. The van der Waals surface area contributed by atoms with Crippen molar-refractivity contribution in [1.82, 2.24) is 0 Å². The lowest BCUT2D eigenvalue weighted by Gasteiger charge is -2.25. The normalized spacial score (nSPS) is 11.5. The zero-order chi connectivity index (χ0) is 69.7. The van der Waals surface area contributed by atoms with E-state index < -0.39 is 0 Å². The van der Waals surface area contributed by atoms with E-state index in [2.05, 4.69) is 199 Å². The van der Waals surface area contributed by atoms with Gasteiger partial charge in [-0.15, -0.1) is 5.11 Å². The van der Waals surface area contributed by atoms with Gasteiger partial charge in [-0.2, -0.15) is 15.3 Å². The van der Waals surface area contributed by atoms with E-state index in [4.69, 9.17) is 4.84 Å². The number of benzene rings is 14. The van der Waals surface area contributed by atoms with E-state index in [1.165, 1.54) is 22.3 Å². The molecular weight excluding hydrogens is 1260 g/mol. The Morgan fingerprint density at radius 3 is 1.27 bits per heavy atom. The van der Waals surface area contributed by atoms with Gasteiger partial charge in [0, 0.05) is 68.9 Å². The Balaban J connectivity index is 0.000000184. The molecule has 1 aliphatic rings. The molecule has 0 aliphatic heterocycles. The third-order valence-corrected chi connectivity index (χ3v) is 18.3. The van der Waals surface area contributed by atoms with E-state index in [-0.39, 0.29) is 35.4 Å². The summed E-state index contributed by atoms with van der Waals surface area (Å²) >= 11 is 0. The molecule has 0 aromatic heterocycles. The van der Waals surface area contributed by atoms with Crippen molar-refractivity contribution in [3.63, 3.8) is 0 Å². The number of nitrogens with one attached hydrogen (secondary N) is 2. The summed E-state index contributed by atoms with van der Waals surface area (Å²) < 4.78 is 0.